The van der Waals surface area contributed by atoms with Crippen LogP contribution in [-0.4, -0.2) is 36.1 Å². The van der Waals surface area contributed by atoms with Gasteiger partial charge in [-0.1, -0.05) is 12.1 Å². The van der Waals surface area contributed by atoms with Crippen LogP contribution < -0.4 is 5.32 Å². The van der Waals surface area contributed by atoms with Crippen molar-refractivity contribution in [1.29, 1.82) is 0 Å². The molecule has 2 atom stereocenters. The molecule has 108 valence electrons. The minimum absolute atomic E-state index is 0.0784. The molecule has 1 aliphatic rings. The van der Waals surface area contributed by atoms with E-state index in [-0.39, 0.29) is 30.1 Å². The fraction of sp³-hybridized carbons (Fsp3) is 0.429. The van der Waals surface area contributed by atoms with E-state index >= 15 is 0 Å². The summed E-state index contributed by atoms with van der Waals surface area (Å²) < 4.78 is 13.0. The molecular weight excluding hydrogens is 279 g/mol. The maximum Gasteiger partial charge on any atom is 0.226 e. The molecule has 0 saturated carbocycles. The van der Waals surface area contributed by atoms with Gasteiger partial charge in [-0.25, -0.2) is 4.39 Å². The van der Waals surface area contributed by atoms with Crippen LogP contribution in [0.5, 0.6) is 0 Å². The molecule has 20 heavy (non-hydrogen) atoms. The van der Waals surface area contributed by atoms with E-state index in [0.29, 0.717) is 12.3 Å². The van der Waals surface area contributed by atoms with E-state index in [4.69, 9.17) is 0 Å². The molecule has 0 radical (unpaired) electrons. The third-order valence-corrected chi connectivity index (χ3v) is 3.77. The Balaban J connectivity index is 2.24. The van der Waals surface area contributed by atoms with Gasteiger partial charge in [0.1, 0.15) is 5.82 Å². The molecule has 1 fully saturated rings. The molecule has 1 aromatic carbocycles. The Morgan fingerprint density at radius 1 is 1.45 bits per heavy atom. The van der Waals surface area contributed by atoms with Crippen molar-refractivity contribution >= 4 is 24.4 Å². The van der Waals surface area contributed by atoms with E-state index in [0.717, 1.165) is 5.56 Å². The van der Waals surface area contributed by atoms with E-state index in [2.05, 4.69) is 17.9 Å². The van der Waals surface area contributed by atoms with Crippen LogP contribution in [0, 0.1) is 11.7 Å². The van der Waals surface area contributed by atoms with Gasteiger partial charge in [-0.3, -0.25) is 9.59 Å². The molecule has 0 bridgehead atoms. The molecule has 1 saturated heterocycles. The predicted molar refractivity (Wildman–Crippen MR) is 76.9 cm³/mol. The van der Waals surface area contributed by atoms with Gasteiger partial charge < -0.3 is 10.2 Å². The van der Waals surface area contributed by atoms with Crippen molar-refractivity contribution in [3.05, 3.63) is 35.6 Å². The Morgan fingerprint density at radius 2 is 2.10 bits per heavy atom. The van der Waals surface area contributed by atoms with Crippen molar-refractivity contribution < 1.29 is 14.0 Å². The summed E-state index contributed by atoms with van der Waals surface area (Å²) in [6.07, 6.45) is 0.178. The summed E-state index contributed by atoms with van der Waals surface area (Å²) in [5.74, 6) is -0.477. The number of thiol groups is 1. The van der Waals surface area contributed by atoms with Crippen LogP contribution in [0.1, 0.15) is 18.0 Å². The highest BCUT2D eigenvalue weighted by Gasteiger charge is 2.42. The van der Waals surface area contributed by atoms with Crippen LogP contribution in [0.15, 0.2) is 24.3 Å². The highest BCUT2D eigenvalue weighted by Crippen LogP contribution is 2.37. The second kappa shape index (κ2) is 6.26. The third-order valence-electron chi connectivity index (χ3n) is 3.55. The van der Waals surface area contributed by atoms with E-state index in [1.54, 1.807) is 24.1 Å². The van der Waals surface area contributed by atoms with Crippen molar-refractivity contribution in [3.63, 3.8) is 0 Å². The first kappa shape index (κ1) is 14.8. The lowest BCUT2D eigenvalue weighted by molar-refractivity contribution is -0.128. The fourth-order valence-corrected chi connectivity index (χ4v) is 2.64. The fourth-order valence-electron chi connectivity index (χ4n) is 2.53. The van der Waals surface area contributed by atoms with E-state index in [1.165, 1.54) is 12.1 Å². The average molecular weight is 296 g/mol. The molecule has 6 heteroatoms. The van der Waals surface area contributed by atoms with Gasteiger partial charge in [0.05, 0.1) is 12.0 Å². The van der Waals surface area contributed by atoms with E-state index < -0.39 is 5.92 Å². The lowest BCUT2D eigenvalue weighted by Crippen LogP contribution is -2.35. The molecule has 0 spiro atoms. The van der Waals surface area contributed by atoms with Crippen LogP contribution >= 0.6 is 12.6 Å². The number of carbonyl (C=O) groups excluding carboxylic acids is 2. The Morgan fingerprint density at radius 3 is 2.70 bits per heavy atom. The number of benzene rings is 1. The Labute approximate surface area is 122 Å². The predicted octanol–water partition coefficient (Wildman–Crippen LogP) is 1.39. The van der Waals surface area contributed by atoms with Gasteiger partial charge in [-0.05, 0) is 17.7 Å². The number of nitrogens with one attached hydrogen (secondary N) is 1. The number of likely N-dealkylation sites (tertiary alicyclic amines) is 1. The molecule has 1 aromatic rings. The molecule has 4 nitrogen and oxygen atoms in total. The molecule has 0 aromatic heterocycles. The van der Waals surface area contributed by atoms with Crippen LogP contribution in [0.3, 0.4) is 0 Å². The first-order chi connectivity index (χ1) is 9.54. The summed E-state index contributed by atoms with van der Waals surface area (Å²) in [6.45, 7) is 0.465. The SMILES string of the molecule is CN1C(=O)C[C@@H](C(=O)NCCS)[C@@H]1c1ccc(F)cc1. The van der Waals surface area contributed by atoms with Crippen molar-refractivity contribution in [2.24, 2.45) is 5.92 Å². The van der Waals surface area contributed by atoms with Crippen LogP contribution in [0.4, 0.5) is 4.39 Å². The monoisotopic (exact) mass is 296 g/mol. The summed E-state index contributed by atoms with van der Waals surface area (Å²) in [4.78, 5) is 25.6. The van der Waals surface area contributed by atoms with E-state index in [9.17, 15) is 14.0 Å². The number of halogens is 1. The topological polar surface area (TPSA) is 49.4 Å². The lowest BCUT2D eigenvalue weighted by Gasteiger charge is -2.24. The van der Waals surface area contributed by atoms with Crippen LogP contribution in [-0.2, 0) is 9.59 Å². The van der Waals surface area contributed by atoms with Gasteiger partial charge in [-0.2, -0.15) is 12.6 Å². The third kappa shape index (κ3) is 2.95. The Kier molecular flexibility index (Phi) is 4.65. The van der Waals surface area contributed by atoms with Crippen molar-refractivity contribution in [2.75, 3.05) is 19.3 Å². The highest BCUT2D eigenvalue weighted by atomic mass is 32.1. The Bertz CT molecular complexity index is 506. The summed E-state index contributed by atoms with van der Waals surface area (Å²) >= 11 is 4.04. The standard InChI is InChI=1S/C14H17FN2O2S/c1-17-12(18)8-11(14(19)16-6-7-20)13(17)9-2-4-10(15)5-3-9/h2-5,11,13,20H,6-8H2,1H3,(H,16,19)/t11-,13+/m1/s1. The summed E-state index contributed by atoms with van der Waals surface area (Å²) in [5, 5.41) is 2.76. The van der Waals surface area contributed by atoms with Crippen LogP contribution in [0.25, 0.3) is 0 Å². The zero-order valence-electron chi connectivity index (χ0n) is 11.2. The number of hydrogen-bond donors (Lipinski definition) is 2. The zero-order chi connectivity index (χ0) is 14.7. The van der Waals surface area contributed by atoms with Gasteiger partial charge in [0.2, 0.25) is 11.8 Å². The first-order valence-corrected chi connectivity index (χ1v) is 7.07. The second-order valence-electron chi connectivity index (χ2n) is 4.83. The molecule has 1 heterocycles. The summed E-state index contributed by atoms with van der Waals surface area (Å²) in [5.41, 5.74) is 0.769. The molecule has 0 unspecified atom stereocenters. The average Bonchev–Trinajstić information content (AvgIpc) is 2.73. The number of amides is 2. The summed E-state index contributed by atoms with van der Waals surface area (Å²) in [6, 6.07) is 5.58. The van der Waals surface area contributed by atoms with E-state index in [1.807, 2.05) is 0 Å². The van der Waals surface area contributed by atoms with Gasteiger partial charge >= 0.3 is 0 Å². The minimum atomic E-state index is -0.446. The lowest BCUT2D eigenvalue weighted by atomic mass is 9.93. The molecule has 1 aliphatic heterocycles. The van der Waals surface area contributed by atoms with Crippen molar-refractivity contribution in [1.82, 2.24) is 10.2 Å². The van der Waals surface area contributed by atoms with Gasteiger partial charge in [-0.15, -0.1) is 0 Å². The van der Waals surface area contributed by atoms with Crippen LogP contribution in [0.2, 0.25) is 0 Å². The number of carbonyl (C=O) groups is 2. The maximum atomic E-state index is 13.0. The normalized spacial score (nSPS) is 22.1. The molecule has 2 amide bonds. The minimum Gasteiger partial charge on any atom is -0.355 e. The highest BCUT2D eigenvalue weighted by molar-refractivity contribution is 7.80. The quantitative estimate of drug-likeness (QED) is 0.825. The largest absolute Gasteiger partial charge is 0.355 e. The number of hydrogen-bond acceptors (Lipinski definition) is 3. The number of nitrogens with zero attached hydrogens (tertiary/aromatic N) is 1. The zero-order valence-corrected chi connectivity index (χ0v) is 12.1. The van der Waals surface area contributed by atoms with Gasteiger partial charge in [0.15, 0.2) is 0 Å². The molecular formula is C14H17FN2O2S. The Hall–Kier alpha value is -1.56. The maximum absolute atomic E-state index is 13.0. The molecule has 2 rings (SSSR count). The second-order valence-corrected chi connectivity index (χ2v) is 5.27. The van der Waals surface area contributed by atoms with Crippen molar-refractivity contribution in [2.45, 2.75) is 12.5 Å². The van der Waals surface area contributed by atoms with Crippen molar-refractivity contribution in [3.8, 4) is 0 Å². The first-order valence-electron chi connectivity index (χ1n) is 6.44. The molecule has 0 aliphatic carbocycles. The van der Waals surface area contributed by atoms with Gasteiger partial charge in [0.25, 0.3) is 0 Å². The molecule has 1 N–H and O–H groups in total. The number of rotatable bonds is 4. The summed E-state index contributed by atoms with van der Waals surface area (Å²) in [7, 11) is 1.67. The van der Waals surface area contributed by atoms with Gasteiger partial charge in [0, 0.05) is 25.8 Å². The smallest absolute Gasteiger partial charge is 0.226 e.